The second-order valence-corrected chi connectivity index (χ2v) is 4.77. The van der Waals surface area contributed by atoms with Crippen molar-refractivity contribution in [3.63, 3.8) is 0 Å². The quantitative estimate of drug-likeness (QED) is 0.778. The first kappa shape index (κ1) is 13.6. The van der Waals surface area contributed by atoms with E-state index < -0.39 is 0 Å². The number of nitrogens with two attached hydrogens (primary N) is 1. The van der Waals surface area contributed by atoms with Crippen molar-refractivity contribution < 1.29 is 5.11 Å². The molecule has 0 saturated heterocycles. The molecule has 0 aromatic heterocycles. The van der Waals surface area contributed by atoms with Crippen LogP contribution in [-0.4, -0.2) is 5.11 Å². The molecular formula is C12H17Cl2NO. The van der Waals surface area contributed by atoms with Crippen LogP contribution in [0.25, 0.3) is 0 Å². The van der Waals surface area contributed by atoms with Crippen molar-refractivity contribution in [3.05, 3.63) is 27.7 Å². The average molecular weight is 262 g/mol. The predicted molar refractivity (Wildman–Crippen MR) is 69.2 cm³/mol. The Morgan fingerprint density at radius 2 is 2.00 bits per heavy atom. The SMILES string of the molecule is CCCCC[C@@H](N)c1cc(Cl)cc(Cl)c1O. The third-order valence-electron chi connectivity index (χ3n) is 2.58. The summed E-state index contributed by atoms with van der Waals surface area (Å²) in [6, 6.07) is 2.99. The molecule has 0 radical (unpaired) electrons. The van der Waals surface area contributed by atoms with E-state index in [0.29, 0.717) is 10.6 Å². The lowest BCUT2D eigenvalue weighted by atomic mass is 10.0. The van der Waals surface area contributed by atoms with E-state index in [4.69, 9.17) is 28.9 Å². The van der Waals surface area contributed by atoms with Gasteiger partial charge in [-0.2, -0.15) is 0 Å². The number of rotatable bonds is 5. The topological polar surface area (TPSA) is 46.2 Å². The van der Waals surface area contributed by atoms with Gasteiger partial charge in [0.25, 0.3) is 0 Å². The Labute approximate surface area is 106 Å². The van der Waals surface area contributed by atoms with Gasteiger partial charge in [-0.05, 0) is 18.6 Å². The molecule has 1 rings (SSSR count). The van der Waals surface area contributed by atoms with Gasteiger partial charge in [-0.15, -0.1) is 0 Å². The lowest BCUT2D eigenvalue weighted by Gasteiger charge is -2.14. The molecule has 4 heteroatoms. The predicted octanol–water partition coefficient (Wildman–Crippen LogP) is 4.28. The summed E-state index contributed by atoms with van der Waals surface area (Å²) in [6.07, 6.45) is 4.16. The molecule has 2 nitrogen and oxygen atoms in total. The summed E-state index contributed by atoms with van der Waals surface area (Å²) in [6.45, 7) is 2.14. The van der Waals surface area contributed by atoms with Gasteiger partial charge in [0, 0.05) is 16.6 Å². The highest BCUT2D eigenvalue weighted by Crippen LogP contribution is 2.35. The van der Waals surface area contributed by atoms with Crippen molar-refractivity contribution >= 4 is 23.2 Å². The molecule has 1 aromatic carbocycles. The second-order valence-electron chi connectivity index (χ2n) is 3.93. The van der Waals surface area contributed by atoms with Crippen molar-refractivity contribution in [3.8, 4) is 5.75 Å². The van der Waals surface area contributed by atoms with E-state index in [1.807, 2.05) is 0 Å². The van der Waals surface area contributed by atoms with Crippen LogP contribution in [-0.2, 0) is 0 Å². The zero-order chi connectivity index (χ0) is 12.1. The monoisotopic (exact) mass is 261 g/mol. The number of phenolic OH excluding ortho intramolecular Hbond substituents is 1. The fourth-order valence-corrected chi connectivity index (χ4v) is 2.15. The zero-order valence-corrected chi connectivity index (χ0v) is 10.9. The van der Waals surface area contributed by atoms with Crippen molar-refractivity contribution in [2.75, 3.05) is 0 Å². The summed E-state index contributed by atoms with van der Waals surface area (Å²) in [4.78, 5) is 0. The molecule has 0 unspecified atom stereocenters. The van der Waals surface area contributed by atoms with Gasteiger partial charge in [-0.25, -0.2) is 0 Å². The third-order valence-corrected chi connectivity index (χ3v) is 3.08. The summed E-state index contributed by atoms with van der Waals surface area (Å²) >= 11 is 11.7. The minimum Gasteiger partial charge on any atom is -0.506 e. The van der Waals surface area contributed by atoms with Crippen LogP contribution in [0.4, 0.5) is 0 Å². The highest BCUT2D eigenvalue weighted by atomic mass is 35.5. The molecule has 1 aromatic rings. The smallest absolute Gasteiger partial charge is 0.139 e. The standard InChI is InChI=1S/C12H17Cl2NO/c1-2-3-4-5-11(15)9-6-8(13)7-10(14)12(9)16/h6-7,11,16H,2-5,15H2,1H3/t11-/m1/s1. The van der Waals surface area contributed by atoms with Crippen LogP contribution in [0.5, 0.6) is 5.75 Å². The number of aromatic hydroxyl groups is 1. The first-order chi connectivity index (χ1) is 7.56. The molecule has 0 aliphatic carbocycles. The van der Waals surface area contributed by atoms with Crippen molar-refractivity contribution in [2.45, 2.75) is 38.6 Å². The summed E-state index contributed by atoms with van der Waals surface area (Å²) in [5.74, 6) is 0.0510. The van der Waals surface area contributed by atoms with Crippen LogP contribution < -0.4 is 5.73 Å². The highest BCUT2D eigenvalue weighted by Gasteiger charge is 2.14. The van der Waals surface area contributed by atoms with Crippen molar-refractivity contribution in [2.24, 2.45) is 5.73 Å². The van der Waals surface area contributed by atoms with Crippen molar-refractivity contribution in [1.82, 2.24) is 0 Å². The fraction of sp³-hybridized carbons (Fsp3) is 0.500. The Morgan fingerprint density at radius 3 is 2.62 bits per heavy atom. The van der Waals surface area contributed by atoms with Gasteiger partial charge in [-0.3, -0.25) is 0 Å². The van der Waals surface area contributed by atoms with Crippen LogP contribution in [0.3, 0.4) is 0 Å². The lowest BCUT2D eigenvalue weighted by Crippen LogP contribution is -2.10. The maximum atomic E-state index is 9.78. The normalized spacial score (nSPS) is 12.8. The maximum Gasteiger partial charge on any atom is 0.139 e. The number of phenols is 1. The molecule has 0 amide bonds. The third kappa shape index (κ3) is 3.55. The van der Waals surface area contributed by atoms with E-state index in [0.717, 1.165) is 25.7 Å². The Morgan fingerprint density at radius 1 is 1.31 bits per heavy atom. The van der Waals surface area contributed by atoms with Gasteiger partial charge < -0.3 is 10.8 Å². The Bertz CT molecular complexity index is 355. The Hall–Kier alpha value is -0.440. The minimum atomic E-state index is -0.206. The van der Waals surface area contributed by atoms with Crippen LogP contribution in [0, 0.1) is 0 Å². The molecule has 0 bridgehead atoms. The van der Waals surface area contributed by atoms with Crippen LogP contribution in [0.2, 0.25) is 10.0 Å². The summed E-state index contributed by atoms with van der Waals surface area (Å²) < 4.78 is 0. The van der Waals surface area contributed by atoms with Crippen LogP contribution >= 0.6 is 23.2 Å². The average Bonchev–Trinajstić information content (AvgIpc) is 2.23. The number of unbranched alkanes of at least 4 members (excludes halogenated alkanes) is 2. The Kier molecular flexibility index (Phi) is 5.39. The van der Waals surface area contributed by atoms with Gasteiger partial charge in [0.05, 0.1) is 5.02 Å². The number of halogens is 2. The minimum absolute atomic E-state index is 0.0510. The van der Waals surface area contributed by atoms with E-state index in [-0.39, 0.29) is 16.8 Å². The molecule has 0 aliphatic heterocycles. The largest absolute Gasteiger partial charge is 0.506 e. The maximum absolute atomic E-state index is 9.78. The van der Waals surface area contributed by atoms with E-state index in [9.17, 15) is 5.11 Å². The van der Waals surface area contributed by atoms with E-state index >= 15 is 0 Å². The lowest BCUT2D eigenvalue weighted by molar-refractivity contribution is 0.456. The molecule has 0 saturated carbocycles. The molecule has 1 atom stereocenters. The molecule has 0 aliphatic rings. The van der Waals surface area contributed by atoms with E-state index in [1.165, 1.54) is 6.07 Å². The zero-order valence-electron chi connectivity index (χ0n) is 9.34. The van der Waals surface area contributed by atoms with Crippen molar-refractivity contribution in [1.29, 1.82) is 0 Å². The summed E-state index contributed by atoms with van der Waals surface area (Å²) in [7, 11) is 0. The van der Waals surface area contributed by atoms with Gasteiger partial charge in [0.1, 0.15) is 5.75 Å². The molecule has 0 fully saturated rings. The fourth-order valence-electron chi connectivity index (χ4n) is 1.64. The first-order valence-corrected chi connectivity index (χ1v) is 6.25. The molecular weight excluding hydrogens is 245 g/mol. The van der Waals surface area contributed by atoms with Gasteiger partial charge in [-0.1, -0.05) is 49.4 Å². The molecule has 0 heterocycles. The summed E-state index contributed by atoms with van der Waals surface area (Å²) in [5.41, 5.74) is 6.63. The molecule has 90 valence electrons. The summed E-state index contributed by atoms with van der Waals surface area (Å²) in [5, 5.41) is 10.5. The van der Waals surface area contributed by atoms with E-state index in [1.54, 1.807) is 6.07 Å². The molecule has 16 heavy (non-hydrogen) atoms. The van der Waals surface area contributed by atoms with Crippen LogP contribution in [0.1, 0.15) is 44.2 Å². The number of hydrogen-bond donors (Lipinski definition) is 2. The molecule has 0 spiro atoms. The van der Waals surface area contributed by atoms with Crippen LogP contribution in [0.15, 0.2) is 12.1 Å². The Balaban J connectivity index is 2.78. The number of benzene rings is 1. The number of hydrogen-bond acceptors (Lipinski definition) is 2. The first-order valence-electron chi connectivity index (χ1n) is 5.49. The van der Waals surface area contributed by atoms with Gasteiger partial charge in [0.15, 0.2) is 0 Å². The molecule has 3 N–H and O–H groups in total. The van der Waals surface area contributed by atoms with Gasteiger partial charge in [0.2, 0.25) is 0 Å². The van der Waals surface area contributed by atoms with E-state index in [2.05, 4.69) is 6.92 Å². The second kappa shape index (κ2) is 6.33. The van der Waals surface area contributed by atoms with Gasteiger partial charge >= 0.3 is 0 Å². The highest BCUT2D eigenvalue weighted by molar-refractivity contribution is 6.35.